The topological polar surface area (TPSA) is 76.2 Å². The van der Waals surface area contributed by atoms with Gasteiger partial charge in [-0.15, -0.1) is 0 Å². The molecule has 0 aliphatic carbocycles. The van der Waals surface area contributed by atoms with Crippen molar-refractivity contribution in [2.75, 3.05) is 6.54 Å². The lowest BCUT2D eigenvalue weighted by atomic mass is 9.73. The molecule has 106 valence electrons. The van der Waals surface area contributed by atoms with E-state index in [0.717, 1.165) is 16.6 Å². The molecule has 0 aliphatic heterocycles. The van der Waals surface area contributed by atoms with Crippen molar-refractivity contribution in [1.82, 2.24) is 4.98 Å². The Hall–Kier alpha value is -1.94. The van der Waals surface area contributed by atoms with Crippen LogP contribution in [0.1, 0.15) is 19.5 Å². The van der Waals surface area contributed by atoms with Crippen LogP contribution < -0.4 is 5.73 Å². The van der Waals surface area contributed by atoms with Gasteiger partial charge in [0.1, 0.15) is 0 Å². The number of aromatic nitrogens is 1. The van der Waals surface area contributed by atoms with Crippen molar-refractivity contribution < 1.29 is 9.90 Å². The largest absolute Gasteiger partial charge is 0.481 e. The number of nitrogens with zero attached hydrogens (tertiary/aromatic N) is 1. The van der Waals surface area contributed by atoms with Gasteiger partial charge in [-0.05, 0) is 18.1 Å². The molecule has 1 heterocycles. The number of carboxylic acid groups (broad SMARTS) is 1. The van der Waals surface area contributed by atoms with Gasteiger partial charge in [0.2, 0.25) is 0 Å². The Bertz CT molecular complexity index is 625. The van der Waals surface area contributed by atoms with E-state index in [1.54, 1.807) is 0 Å². The van der Waals surface area contributed by atoms with Crippen LogP contribution in [0, 0.1) is 11.3 Å². The Morgan fingerprint density at radius 3 is 2.60 bits per heavy atom. The molecule has 1 atom stereocenters. The zero-order valence-electron chi connectivity index (χ0n) is 11.8. The summed E-state index contributed by atoms with van der Waals surface area (Å²) in [5.41, 5.74) is 6.45. The third kappa shape index (κ3) is 2.51. The van der Waals surface area contributed by atoms with Crippen LogP contribution in [0.25, 0.3) is 10.9 Å². The Kier molecular flexibility index (Phi) is 4.04. The summed E-state index contributed by atoms with van der Waals surface area (Å²) in [5.74, 6) is -0.914. The van der Waals surface area contributed by atoms with Crippen LogP contribution in [0.5, 0.6) is 0 Å². The van der Waals surface area contributed by atoms with Crippen molar-refractivity contribution in [3.05, 3.63) is 42.1 Å². The van der Waals surface area contributed by atoms with Gasteiger partial charge in [-0.2, -0.15) is 0 Å². The van der Waals surface area contributed by atoms with E-state index in [1.165, 1.54) is 0 Å². The first-order valence-electron chi connectivity index (χ1n) is 6.78. The molecule has 20 heavy (non-hydrogen) atoms. The number of hydrogen-bond acceptors (Lipinski definition) is 3. The fourth-order valence-electron chi connectivity index (χ4n) is 2.45. The van der Waals surface area contributed by atoms with E-state index in [9.17, 15) is 9.90 Å². The van der Waals surface area contributed by atoms with Gasteiger partial charge in [-0.3, -0.25) is 9.78 Å². The number of benzene rings is 1. The molecule has 2 rings (SSSR count). The first-order chi connectivity index (χ1) is 9.49. The van der Waals surface area contributed by atoms with Crippen LogP contribution in [0.2, 0.25) is 0 Å². The van der Waals surface area contributed by atoms with E-state index >= 15 is 0 Å². The normalized spacial score (nSPS) is 14.4. The molecular formula is C16H20N2O2. The number of para-hydroxylation sites is 1. The van der Waals surface area contributed by atoms with Crippen LogP contribution in [-0.4, -0.2) is 22.6 Å². The van der Waals surface area contributed by atoms with Crippen molar-refractivity contribution in [3.63, 3.8) is 0 Å². The highest BCUT2D eigenvalue weighted by atomic mass is 16.4. The SMILES string of the molecule is CC(C)C(CN)(Cc1ccc2ccccc2n1)C(=O)O. The van der Waals surface area contributed by atoms with Crippen molar-refractivity contribution >= 4 is 16.9 Å². The zero-order valence-corrected chi connectivity index (χ0v) is 11.8. The number of fused-ring (bicyclic) bond motifs is 1. The number of carboxylic acids is 1. The minimum Gasteiger partial charge on any atom is -0.481 e. The summed E-state index contributed by atoms with van der Waals surface area (Å²) in [7, 11) is 0. The Labute approximate surface area is 118 Å². The number of hydrogen-bond donors (Lipinski definition) is 2. The molecule has 0 radical (unpaired) electrons. The second-order valence-corrected chi connectivity index (χ2v) is 5.49. The van der Waals surface area contributed by atoms with Crippen LogP contribution in [0.4, 0.5) is 0 Å². The summed E-state index contributed by atoms with van der Waals surface area (Å²) in [6, 6.07) is 11.7. The monoisotopic (exact) mass is 272 g/mol. The molecule has 0 aliphatic rings. The predicted molar refractivity (Wildman–Crippen MR) is 79.4 cm³/mol. The minimum atomic E-state index is -0.963. The summed E-state index contributed by atoms with van der Waals surface area (Å²) in [6.07, 6.45) is 0.349. The number of carbonyl (C=O) groups is 1. The van der Waals surface area contributed by atoms with Gasteiger partial charge in [0.25, 0.3) is 0 Å². The lowest BCUT2D eigenvalue weighted by Gasteiger charge is -2.31. The van der Waals surface area contributed by atoms with Gasteiger partial charge < -0.3 is 10.8 Å². The van der Waals surface area contributed by atoms with Crippen molar-refractivity contribution in [1.29, 1.82) is 0 Å². The molecule has 4 heteroatoms. The highest BCUT2D eigenvalue weighted by Gasteiger charge is 2.40. The molecule has 2 aromatic rings. The average molecular weight is 272 g/mol. The quantitative estimate of drug-likeness (QED) is 0.876. The van der Waals surface area contributed by atoms with Crippen molar-refractivity contribution in [3.8, 4) is 0 Å². The van der Waals surface area contributed by atoms with E-state index in [4.69, 9.17) is 5.73 Å². The third-order valence-electron chi connectivity index (χ3n) is 4.05. The zero-order chi connectivity index (χ0) is 14.8. The molecule has 0 fully saturated rings. The number of nitrogens with two attached hydrogens (primary N) is 1. The van der Waals surface area contributed by atoms with E-state index in [1.807, 2.05) is 50.2 Å². The summed E-state index contributed by atoms with van der Waals surface area (Å²) in [6.45, 7) is 3.89. The third-order valence-corrected chi connectivity index (χ3v) is 4.05. The fourth-order valence-corrected chi connectivity index (χ4v) is 2.45. The van der Waals surface area contributed by atoms with E-state index in [2.05, 4.69) is 4.98 Å². The fraction of sp³-hybridized carbons (Fsp3) is 0.375. The Morgan fingerprint density at radius 2 is 2.00 bits per heavy atom. The molecule has 0 amide bonds. The Balaban J connectivity index is 2.40. The van der Waals surface area contributed by atoms with Gasteiger partial charge in [0.05, 0.1) is 10.9 Å². The van der Waals surface area contributed by atoms with E-state index in [-0.39, 0.29) is 12.5 Å². The van der Waals surface area contributed by atoms with Gasteiger partial charge in [-0.1, -0.05) is 38.1 Å². The molecule has 3 N–H and O–H groups in total. The summed E-state index contributed by atoms with van der Waals surface area (Å²) in [5, 5.41) is 10.6. The number of pyridine rings is 1. The molecule has 1 unspecified atom stereocenters. The van der Waals surface area contributed by atoms with Gasteiger partial charge in [0.15, 0.2) is 0 Å². The molecule has 1 aromatic heterocycles. The summed E-state index contributed by atoms with van der Waals surface area (Å²) >= 11 is 0. The standard InChI is InChI=1S/C16H20N2O2/c1-11(2)16(10-17,15(19)20)9-13-8-7-12-5-3-4-6-14(12)18-13/h3-8,11H,9-10,17H2,1-2H3,(H,19,20). The summed E-state index contributed by atoms with van der Waals surface area (Å²) in [4.78, 5) is 16.2. The lowest BCUT2D eigenvalue weighted by molar-refractivity contribution is -0.151. The van der Waals surface area contributed by atoms with E-state index in [0.29, 0.717) is 6.42 Å². The first-order valence-corrected chi connectivity index (χ1v) is 6.78. The van der Waals surface area contributed by atoms with Crippen molar-refractivity contribution in [2.45, 2.75) is 20.3 Å². The molecular weight excluding hydrogens is 252 g/mol. The second kappa shape index (κ2) is 5.59. The lowest BCUT2D eigenvalue weighted by Crippen LogP contribution is -2.45. The summed E-state index contributed by atoms with van der Waals surface area (Å²) < 4.78 is 0. The first kappa shape index (κ1) is 14.5. The number of aliphatic carboxylic acids is 1. The second-order valence-electron chi connectivity index (χ2n) is 5.49. The Morgan fingerprint density at radius 1 is 1.30 bits per heavy atom. The maximum atomic E-state index is 11.7. The van der Waals surface area contributed by atoms with Crippen LogP contribution in [0.3, 0.4) is 0 Å². The highest BCUT2D eigenvalue weighted by Crippen LogP contribution is 2.31. The van der Waals surface area contributed by atoms with Gasteiger partial charge in [-0.25, -0.2) is 0 Å². The molecule has 0 spiro atoms. The van der Waals surface area contributed by atoms with Crippen LogP contribution >= 0.6 is 0 Å². The number of rotatable bonds is 5. The average Bonchev–Trinajstić information content (AvgIpc) is 2.44. The maximum absolute atomic E-state index is 11.7. The maximum Gasteiger partial charge on any atom is 0.311 e. The van der Waals surface area contributed by atoms with Crippen LogP contribution in [-0.2, 0) is 11.2 Å². The molecule has 0 bridgehead atoms. The predicted octanol–water partition coefficient (Wildman–Crippen LogP) is 2.46. The smallest absolute Gasteiger partial charge is 0.311 e. The molecule has 0 saturated heterocycles. The highest BCUT2D eigenvalue weighted by molar-refractivity contribution is 5.79. The van der Waals surface area contributed by atoms with Crippen LogP contribution in [0.15, 0.2) is 36.4 Å². The van der Waals surface area contributed by atoms with E-state index < -0.39 is 11.4 Å². The molecule has 0 saturated carbocycles. The minimum absolute atomic E-state index is 0.0572. The molecule has 4 nitrogen and oxygen atoms in total. The van der Waals surface area contributed by atoms with Gasteiger partial charge in [0, 0.05) is 24.0 Å². The molecule has 1 aromatic carbocycles. The van der Waals surface area contributed by atoms with Crippen molar-refractivity contribution in [2.24, 2.45) is 17.1 Å². The van der Waals surface area contributed by atoms with Gasteiger partial charge >= 0.3 is 5.97 Å².